The molecule has 0 radical (unpaired) electrons. The molecule has 0 atom stereocenters. The SMILES string of the molecule is COP(=O)(CC(C)(C)N)OC. The minimum Gasteiger partial charge on any atom is -0.325 e. The lowest BCUT2D eigenvalue weighted by Crippen LogP contribution is -2.36. The quantitative estimate of drug-likeness (QED) is 0.662. The van der Waals surface area contributed by atoms with E-state index in [2.05, 4.69) is 0 Å². The van der Waals surface area contributed by atoms with Gasteiger partial charge in [-0.05, 0) is 13.8 Å². The predicted molar refractivity (Wildman–Crippen MR) is 44.8 cm³/mol. The van der Waals surface area contributed by atoms with Crippen LogP contribution in [0.15, 0.2) is 0 Å². The molecule has 0 fully saturated rings. The summed E-state index contributed by atoms with van der Waals surface area (Å²) in [6, 6.07) is 0. The zero-order valence-electron chi connectivity index (χ0n) is 7.46. The van der Waals surface area contributed by atoms with E-state index >= 15 is 0 Å². The van der Waals surface area contributed by atoms with Crippen molar-refractivity contribution in [1.82, 2.24) is 0 Å². The van der Waals surface area contributed by atoms with Gasteiger partial charge in [-0.2, -0.15) is 0 Å². The van der Waals surface area contributed by atoms with Gasteiger partial charge in [0, 0.05) is 19.8 Å². The highest BCUT2D eigenvalue weighted by molar-refractivity contribution is 7.53. The Morgan fingerprint density at radius 3 is 1.82 bits per heavy atom. The van der Waals surface area contributed by atoms with Gasteiger partial charge >= 0.3 is 7.60 Å². The van der Waals surface area contributed by atoms with Crippen LogP contribution >= 0.6 is 7.60 Å². The van der Waals surface area contributed by atoms with E-state index in [1.54, 1.807) is 13.8 Å². The monoisotopic (exact) mass is 181 g/mol. The molecule has 0 bridgehead atoms. The molecule has 4 nitrogen and oxygen atoms in total. The molecule has 0 saturated heterocycles. The highest BCUT2D eigenvalue weighted by Crippen LogP contribution is 2.48. The van der Waals surface area contributed by atoms with E-state index in [0.717, 1.165) is 0 Å². The molecule has 0 aromatic heterocycles. The van der Waals surface area contributed by atoms with Gasteiger partial charge in [-0.1, -0.05) is 0 Å². The molecule has 5 heteroatoms. The highest BCUT2D eigenvalue weighted by atomic mass is 31.2. The van der Waals surface area contributed by atoms with E-state index in [-0.39, 0.29) is 6.16 Å². The molecule has 0 aromatic carbocycles. The Labute approximate surface area is 67.6 Å². The van der Waals surface area contributed by atoms with Crippen molar-refractivity contribution in [2.24, 2.45) is 5.73 Å². The number of hydrogen-bond donors (Lipinski definition) is 1. The van der Waals surface area contributed by atoms with Gasteiger partial charge in [-0.3, -0.25) is 4.57 Å². The van der Waals surface area contributed by atoms with Crippen molar-refractivity contribution in [2.75, 3.05) is 20.4 Å². The van der Waals surface area contributed by atoms with E-state index in [4.69, 9.17) is 14.8 Å². The summed E-state index contributed by atoms with van der Waals surface area (Å²) in [5, 5.41) is 0. The molecule has 0 aliphatic heterocycles. The lowest BCUT2D eigenvalue weighted by molar-refractivity contribution is 0.269. The van der Waals surface area contributed by atoms with Crippen molar-refractivity contribution < 1.29 is 13.6 Å². The Hall–Kier alpha value is 0.110. The normalized spacial score (nSPS) is 13.5. The van der Waals surface area contributed by atoms with Crippen LogP contribution in [0.1, 0.15) is 13.8 Å². The van der Waals surface area contributed by atoms with Gasteiger partial charge in [-0.25, -0.2) is 0 Å². The molecule has 0 amide bonds. The molecule has 0 aliphatic carbocycles. The lowest BCUT2D eigenvalue weighted by Gasteiger charge is -2.23. The average Bonchev–Trinajstić information content (AvgIpc) is 1.84. The van der Waals surface area contributed by atoms with Crippen LogP contribution in [-0.2, 0) is 13.6 Å². The molecule has 0 spiro atoms. The van der Waals surface area contributed by atoms with Crippen LogP contribution in [0.4, 0.5) is 0 Å². The summed E-state index contributed by atoms with van der Waals surface area (Å²) in [7, 11) is -0.213. The first kappa shape index (κ1) is 11.1. The third kappa shape index (κ3) is 4.53. The maximum Gasteiger partial charge on any atom is 0.331 e. The average molecular weight is 181 g/mol. The van der Waals surface area contributed by atoms with Crippen LogP contribution in [0.2, 0.25) is 0 Å². The molecule has 0 unspecified atom stereocenters. The molecule has 0 heterocycles. The highest BCUT2D eigenvalue weighted by Gasteiger charge is 2.28. The summed E-state index contributed by atoms with van der Waals surface area (Å²) < 4.78 is 20.9. The van der Waals surface area contributed by atoms with Crippen LogP contribution in [0.5, 0.6) is 0 Å². The number of hydrogen-bond acceptors (Lipinski definition) is 4. The van der Waals surface area contributed by atoms with Gasteiger partial charge in [0.2, 0.25) is 0 Å². The minimum absolute atomic E-state index is 0.229. The topological polar surface area (TPSA) is 61.5 Å². The van der Waals surface area contributed by atoms with E-state index in [0.29, 0.717) is 0 Å². The van der Waals surface area contributed by atoms with Gasteiger partial charge < -0.3 is 14.8 Å². The molecular formula is C6H16NO3P. The number of nitrogens with two attached hydrogens (primary N) is 1. The fourth-order valence-corrected chi connectivity index (χ4v) is 2.11. The third-order valence-corrected chi connectivity index (χ3v) is 3.47. The van der Waals surface area contributed by atoms with Gasteiger partial charge in [0.05, 0.1) is 6.16 Å². The second-order valence-corrected chi connectivity index (χ2v) is 5.39. The molecule has 68 valence electrons. The molecule has 0 rings (SSSR count). The van der Waals surface area contributed by atoms with Gasteiger partial charge in [0.15, 0.2) is 0 Å². The molecule has 2 N–H and O–H groups in total. The van der Waals surface area contributed by atoms with Gasteiger partial charge in [0.1, 0.15) is 0 Å². The maximum atomic E-state index is 11.4. The first-order valence-electron chi connectivity index (χ1n) is 3.32. The molecule has 0 saturated carbocycles. The van der Waals surface area contributed by atoms with Gasteiger partial charge in [-0.15, -0.1) is 0 Å². The van der Waals surface area contributed by atoms with E-state index in [1.807, 2.05) is 0 Å². The standard InChI is InChI=1S/C6H16NO3P/c1-6(2,7)5-11(8,9-3)10-4/h5,7H2,1-4H3. The van der Waals surface area contributed by atoms with Crippen molar-refractivity contribution in [2.45, 2.75) is 19.4 Å². The third-order valence-electron chi connectivity index (χ3n) is 1.16. The maximum absolute atomic E-state index is 11.4. The molecule has 0 aliphatic rings. The minimum atomic E-state index is -2.93. The molecule has 0 aromatic rings. The van der Waals surface area contributed by atoms with Crippen LogP contribution in [0, 0.1) is 0 Å². The summed E-state index contributed by atoms with van der Waals surface area (Å²) in [5.41, 5.74) is 5.11. The Kier molecular flexibility index (Phi) is 3.71. The zero-order chi connectivity index (χ0) is 9.12. The summed E-state index contributed by atoms with van der Waals surface area (Å²) in [5.74, 6) is 0. The second kappa shape index (κ2) is 3.68. The van der Waals surface area contributed by atoms with E-state index < -0.39 is 13.1 Å². The zero-order valence-corrected chi connectivity index (χ0v) is 8.35. The largest absolute Gasteiger partial charge is 0.331 e. The van der Waals surface area contributed by atoms with E-state index in [1.165, 1.54) is 14.2 Å². The lowest BCUT2D eigenvalue weighted by atomic mass is 10.1. The van der Waals surface area contributed by atoms with Crippen LogP contribution in [0.25, 0.3) is 0 Å². The first-order valence-corrected chi connectivity index (χ1v) is 5.05. The molecular weight excluding hydrogens is 165 g/mol. The van der Waals surface area contributed by atoms with Crippen molar-refractivity contribution in [3.8, 4) is 0 Å². The summed E-state index contributed by atoms with van der Waals surface area (Å²) in [6.07, 6.45) is 0.229. The van der Waals surface area contributed by atoms with E-state index in [9.17, 15) is 4.57 Å². The van der Waals surface area contributed by atoms with Crippen LogP contribution in [0.3, 0.4) is 0 Å². The Morgan fingerprint density at radius 2 is 1.73 bits per heavy atom. The fourth-order valence-electron chi connectivity index (χ4n) is 0.703. The van der Waals surface area contributed by atoms with Gasteiger partial charge in [0.25, 0.3) is 0 Å². The number of rotatable bonds is 4. The Morgan fingerprint density at radius 1 is 1.36 bits per heavy atom. The van der Waals surface area contributed by atoms with Crippen molar-refractivity contribution in [3.05, 3.63) is 0 Å². The Balaban J connectivity index is 4.21. The van der Waals surface area contributed by atoms with Crippen LogP contribution in [-0.4, -0.2) is 25.9 Å². The van der Waals surface area contributed by atoms with Crippen molar-refractivity contribution in [3.63, 3.8) is 0 Å². The van der Waals surface area contributed by atoms with Crippen LogP contribution < -0.4 is 5.73 Å². The second-order valence-electron chi connectivity index (χ2n) is 3.12. The molecule has 11 heavy (non-hydrogen) atoms. The van der Waals surface area contributed by atoms with Crippen molar-refractivity contribution in [1.29, 1.82) is 0 Å². The Bertz CT molecular complexity index is 156. The fraction of sp³-hybridized carbons (Fsp3) is 1.00. The summed E-state index contributed by atoms with van der Waals surface area (Å²) >= 11 is 0. The summed E-state index contributed by atoms with van der Waals surface area (Å²) in [4.78, 5) is 0. The smallest absolute Gasteiger partial charge is 0.325 e. The predicted octanol–water partition coefficient (Wildman–Crippen LogP) is 1.21. The van der Waals surface area contributed by atoms with Crippen molar-refractivity contribution >= 4 is 7.60 Å². The first-order chi connectivity index (χ1) is 4.83. The summed E-state index contributed by atoms with van der Waals surface area (Å²) in [6.45, 7) is 3.55.